The first kappa shape index (κ1) is 15.4. The summed E-state index contributed by atoms with van der Waals surface area (Å²) in [7, 11) is 1.62. The summed E-state index contributed by atoms with van der Waals surface area (Å²) in [5, 5.41) is 2.75. The number of carbonyl (C=O) groups is 2. The van der Waals surface area contributed by atoms with Gasteiger partial charge >= 0.3 is 0 Å². The maximum Gasteiger partial charge on any atom is 0.285 e. The SMILES string of the molecule is COc1ccc(CON2C(=O)c3ccccc3C2=O)c2ccccc12. The van der Waals surface area contributed by atoms with Gasteiger partial charge in [-0.1, -0.05) is 42.5 Å². The van der Waals surface area contributed by atoms with Crippen molar-refractivity contribution < 1.29 is 19.2 Å². The van der Waals surface area contributed by atoms with Gasteiger partial charge in [-0.15, -0.1) is 5.06 Å². The minimum absolute atomic E-state index is 0.107. The maximum absolute atomic E-state index is 12.4. The normalized spacial score (nSPS) is 13.4. The summed E-state index contributed by atoms with van der Waals surface area (Å²) in [6, 6.07) is 18.2. The zero-order valence-electron chi connectivity index (χ0n) is 13.6. The maximum atomic E-state index is 12.4. The van der Waals surface area contributed by atoms with Crippen molar-refractivity contribution in [3.8, 4) is 5.75 Å². The van der Waals surface area contributed by atoms with Crippen LogP contribution in [0.1, 0.15) is 26.3 Å². The van der Waals surface area contributed by atoms with Crippen molar-refractivity contribution >= 4 is 22.6 Å². The van der Waals surface area contributed by atoms with Gasteiger partial charge in [0.05, 0.1) is 18.2 Å². The van der Waals surface area contributed by atoms with Crippen LogP contribution in [0, 0.1) is 0 Å². The molecule has 0 saturated carbocycles. The summed E-state index contributed by atoms with van der Waals surface area (Å²) >= 11 is 0. The van der Waals surface area contributed by atoms with Crippen LogP contribution in [0.25, 0.3) is 10.8 Å². The van der Waals surface area contributed by atoms with Crippen molar-refractivity contribution in [3.05, 3.63) is 77.4 Å². The number of benzene rings is 3. The molecular weight excluding hydrogens is 318 g/mol. The minimum Gasteiger partial charge on any atom is -0.496 e. The Kier molecular flexibility index (Phi) is 3.71. The topological polar surface area (TPSA) is 55.8 Å². The Bertz CT molecular complexity index is 961. The number of hydrogen-bond acceptors (Lipinski definition) is 4. The van der Waals surface area contributed by atoms with Gasteiger partial charge in [0, 0.05) is 5.39 Å². The second-order valence-electron chi connectivity index (χ2n) is 5.70. The molecule has 1 heterocycles. The number of imide groups is 1. The molecule has 0 saturated heterocycles. The van der Waals surface area contributed by atoms with Gasteiger partial charge in [-0.2, -0.15) is 0 Å². The number of amides is 2. The third-order valence-electron chi connectivity index (χ3n) is 4.30. The highest BCUT2D eigenvalue weighted by Gasteiger charge is 2.36. The van der Waals surface area contributed by atoms with Crippen LogP contribution in [-0.2, 0) is 11.4 Å². The van der Waals surface area contributed by atoms with Crippen molar-refractivity contribution in [1.82, 2.24) is 5.06 Å². The number of hydrogen-bond donors (Lipinski definition) is 0. The molecule has 0 aliphatic carbocycles. The van der Waals surface area contributed by atoms with Gasteiger partial charge in [0.25, 0.3) is 11.8 Å². The van der Waals surface area contributed by atoms with Gasteiger partial charge < -0.3 is 4.74 Å². The Morgan fingerprint density at radius 2 is 1.40 bits per heavy atom. The fourth-order valence-corrected chi connectivity index (χ4v) is 3.06. The van der Waals surface area contributed by atoms with Gasteiger partial charge in [0.2, 0.25) is 0 Å². The second-order valence-corrected chi connectivity index (χ2v) is 5.70. The van der Waals surface area contributed by atoms with E-state index in [4.69, 9.17) is 9.57 Å². The Labute approximate surface area is 144 Å². The molecule has 3 aromatic rings. The minimum atomic E-state index is -0.432. The van der Waals surface area contributed by atoms with Crippen molar-refractivity contribution in [2.45, 2.75) is 6.61 Å². The predicted molar refractivity (Wildman–Crippen MR) is 92.2 cm³/mol. The van der Waals surface area contributed by atoms with Crippen LogP contribution in [0.2, 0.25) is 0 Å². The van der Waals surface area contributed by atoms with E-state index in [-0.39, 0.29) is 6.61 Å². The van der Waals surface area contributed by atoms with Crippen LogP contribution in [0.4, 0.5) is 0 Å². The molecule has 0 atom stereocenters. The zero-order valence-corrected chi connectivity index (χ0v) is 13.6. The molecule has 1 aliphatic rings. The van der Waals surface area contributed by atoms with Crippen LogP contribution in [-0.4, -0.2) is 24.0 Å². The zero-order chi connectivity index (χ0) is 17.4. The molecule has 0 radical (unpaired) electrons. The first-order chi connectivity index (χ1) is 12.2. The predicted octanol–water partition coefficient (Wildman–Crippen LogP) is 3.58. The van der Waals surface area contributed by atoms with Crippen LogP contribution in [0.15, 0.2) is 60.7 Å². The Balaban J connectivity index is 1.62. The summed E-state index contributed by atoms with van der Waals surface area (Å²) in [5.74, 6) is -0.100. The second kappa shape index (κ2) is 6.03. The number of rotatable bonds is 4. The number of carbonyl (C=O) groups excluding carboxylic acids is 2. The smallest absolute Gasteiger partial charge is 0.285 e. The van der Waals surface area contributed by atoms with Crippen molar-refractivity contribution in [3.63, 3.8) is 0 Å². The molecule has 0 aromatic heterocycles. The lowest BCUT2D eigenvalue weighted by Crippen LogP contribution is -2.29. The summed E-state index contributed by atoms with van der Waals surface area (Å²) in [6.07, 6.45) is 0. The van der Waals surface area contributed by atoms with Crippen molar-refractivity contribution in [2.75, 3.05) is 7.11 Å². The molecule has 3 aromatic carbocycles. The van der Waals surface area contributed by atoms with Crippen molar-refractivity contribution in [1.29, 1.82) is 0 Å². The average Bonchev–Trinajstić information content (AvgIpc) is 2.91. The molecule has 1 aliphatic heterocycles. The molecular formula is C20H15NO4. The molecule has 5 nitrogen and oxygen atoms in total. The molecule has 124 valence electrons. The summed E-state index contributed by atoms with van der Waals surface area (Å²) in [4.78, 5) is 30.3. The molecule has 2 amide bonds. The third-order valence-corrected chi connectivity index (χ3v) is 4.30. The lowest BCUT2D eigenvalue weighted by molar-refractivity contribution is -0.100. The molecule has 0 unspecified atom stereocenters. The van der Waals surface area contributed by atoms with E-state index in [9.17, 15) is 9.59 Å². The van der Waals surface area contributed by atoms with Crippen LogP contribution < -0.4 is 4.74 Å². The van der Waals surface area contributed by atoms with Crippen molar-refractivity contribution in [2.24, 2.45) is 0 Å². The van der Waals surface area contributed by atoms with Crippen LogP contribution in [0.5, 0.6) is 5.75 Å². The molecule has 0 fully saturated rings. The molecule has 0 spiro atoms. The van der Waals surface area contributed by atoms with Gasteiger partial charge in [0.1, 0.15) is 12.4 Å². The number of methoxy groups -OCH3 is 1. The van der Waals surface area contributed by atoms with Crippen LogP contribution >= 0.6 is 0 Å². The fraction of sp³-hybridized carbons (Fsp3) is 0.100. The molecule has 4 rings (SSSR count). The highest BCUT2D eigenvalue weighted by atomic mass is 16.7. The number of nitrogens with zero attached hydrogens (tertiary/aromatic N) is 1. The third kappa shape index (κ3) is 2.45. The fourth-order valence-electron chi connectivity index (χ4n) is 3.06. The van der Waals surface area contributed by atoms with Crippen LogP contribution in [0.3, 0.4) is 0 Å². The average molecular weight is 333 g/mol. The number of hydroxylamine groups is 2. The molecule has 5 heteroatoms. The van der Waals surface area contributed by atoms with E-state index in [0.29, 0.717) is 11.1 Å². The molecule has 0 bridgehead atoms. The highest BCUT2D eigenvalue weighted by Crippen LogP contribution is 2.30. The Morgan fingerprint density at radius 1 is 0.800 bits per heavy atom. The monoisotopic (exact) mass is 333 g/mol. The summed E-state index contributed by atoms with van der Waals surface area (Å²) in [6.45, 7) is 0.107. The summed E-state index contributed by atoms with van der Waals surface area (Å²) in [5.41, 5.74) is 1.60. The Morgan fingerprint density at radius 3 is 2.04 bits per heavy atom. The number of ether oxygens (including phenoxy) is 1. The van der Waals surface area contributed by atoms with Gasteiger partial charge in [0.15, 0.2) is 0 Å². The lowest BCUT2D eigenvalue weighted by Gasteiger charge is -2.15. The van der Waals surface area contributed by atoms with Gasteiger partial charge in [-0.25, -0.2) is 0 Å². The van der Waals surface area contributed by atoms with E-state index < -0.39 is 11.8 Å². The standard InChI is InChI=1S/C20H15NO4/c1-24-18-11-10-13(14-6-2-3-7-15(14)18)12-25-21-19(22)16-8-4-5-9-17(16)20(21)23/h2-11H,12H2,1H3. The van der Waals surface area contributed by atoms with E-state index in [2.05, 4.69) is 0 Å². The summed E-state index contributed by atoms with van der Waals surface area (Å²) < 4.78 is 5.38. The first-order valence-electron chi connectivity index (χ1n) is 7.86. The van der Waals surface area contributed by atoms with E-state index >= 15 is 0 Å². The quantitative estimate of drug-likeness (QED) is 0.685. The van der Waals surface area contributed by atoms with Gasteiger partial charge in [-0.05, 0) is 29.1 Å². The molecule has 25 heavy (non-hydrogen) atoms. The van der Waals surface area contributed by atoms with E-state index in [0.717, 1.165) is 27.1 Å². The lowest BCUT2D eigenvalue weighted by atomic mass is 10.0. The highest BCUT2D eigenvalue weighted by molar-refractivity contribution is 6.20. The van der Waals surface area contributed by atoms with Gasteiger partial charge in [-0.3, -0.25) is 14.4 Å². The van der Waals surface area contributed by atoms with E-state index in [1.54, 1.807) is 31.4 Å². The van der Waals surface area contributed by atoms with E-state index in [1.807, 2.05) is 36.4 Å². The molecule has 0 N–H and O–H groups in total. The largest absolute Gasteiger partial charge is 0.496 e. The number of fused-ring (bicyclic) bond motifs is 2. The Hall–Kier alpha value is -3.18. The first-order valence-corrected chi connectivity index (χ1v) is 7.86. The van der Waals surface area contributed by atoms with E-state index in [1.165, 1.54) is 0 Å².